The number of hydrogen-bond acceptors (Lipinski definition) is 9. The Morgan fingerprint density at radius 1 is 0.735 bits per heavy atom. The minimum absolute atomic E-state index is 0.0783. The monoisotopic (exact) mass is 505 g/mol. The number of amides is 4. The van der Waals surface area contributed by atoms with Crippen LogP contribution >= 0.6 is 12.6 Å². The van der Waals surface area contributed by atoms with E-state index in [2.05, 4.69) is 28.6 Å². The highest BCUT2D eigenvalue weighted by atomic mass is 32.1. The second-order valence-electron chi connectivity index (χ2n) is 7.88. The number of carbonyl (C=O) groups is 5. The number of carbonyl (C=O) groups excluding carboxylic acids is 4. The Labute approximate surface area is 204 Å². The summed E-state index contributed by atoms with van der Waals surface area (Å²) in [6, 6.07) is -4.33. The summed E-state index contributed by atoms with van der Waals surface area (Å²) in [4.78, 5) is 60.5. The van der Waals surface area contributed by atoms with Crippen LogP contribution in [0.4, 0.5) is 0 Å². The fourth-order valence-electron chi connectivity index (χ4n) is 2.97. The van der Waals surface area contributed by atoms with Crippen LogP contribution in [-0.2, 0) is 24.0 Å². The molecule has 0 aromatic heterocycles. The Bertz CT molecular complexity index is 682. The standard InChI is InChI=1S/C20H39N7O6S/c21-9-3-1-5-13(25-17(29)12(23)11-34)18(30)26-14(6-2-4-10-22)19(31)27-15(20(32)33)7-8-16(24)28/h12-15,34H,1-11,21-23H2,(H2,24,28)(H,25,29)(H,26,30)(H,27,31)(H,32,33). The molecule has 0 fully saturated rings. The maximum Gasteiger partial charge on any atom is 0.326 e. The zero-order chi connectivity index (χ0) is 26.1. The van der Waals surface area contributed by atoms with Crippen LogP contribution in [0.15, 0.2) is 0 Å². The third-order valence-electron chi connectivity index (χ3n) is 4.99. The summed E-state index contributed by atoms with van der Waals surface area (Å²) in [5.41, 5.74) is 21.8. The Balaban J connectivity index is 5.46. The summed E-state index contributed by atoms with van der Waals surface area (Å²) in [6.07, 6.45) is 2.27. The van der Waals surface area contributed by atoms with Gasteiger partial charge in [-0.1, -0.05) is 0 Å². The molecule has 0 aliphatic heterocycles. The molecule has 14 heteroatoms. The van der Waals surface area contributed by atoms with E-state index in [1.165, 1.54) is 0 Å². The molecule has 0 spiro atoms. The van der Waals surface area contributed by atoms with Crippen LogP contribution in [-0.4, -0.2) is 77.7 Å². The largest absolute Gasteiger partial charge is 0.480 e. The predicted molar refractivity (Wildman–Crippen MR) is 129 cm³/mol. The fraction of sp³-hybridized carbons (Fsp3) is 0.750. The van der Waals surface area contributed by atoms with Gasteiger partial charge in [0.05, 0.1) is 6.04 Å². The normalized spacial score (nSPS) is 14.4. The molecule has 12 N–H and O–H groups in total. The number of carboxylic acid groups (broad SMARTS) is 1. The zero-order valence-corrected chi connectivity index (χ0v) is 20.2. The van der Waals surface area contributed by atoms with Crippen molar-refractivity contribution in [2.45, 2.75) is 75.5 Å². The number of nitrogens with one attached hydrogen (secondary N) is 3. The molecule has 4 unspecified atom stereocenters. The molecule has 0 aromatic rings. The summed E-state index contributed by atoms with van der Waals surface area (Å²) in [6.45, 7) is 0.780. The summed E-state index contributed by atoms with van der Waals surface area (Å²) >= 11 is 3.98. The van der Waals surface area contributed by atoms with Gasteiger partial charge in [0.2, 0.25) is 23.6 Å². The van der Waals surface area contributed by atoms with Crippen molar-refractivity contribution in [3.05, 3.63) is 0 Å². The smallest absolute Gasteiger partial charge is 0.326 e. The molecule has 4 atom stereocenters. The molecule has 0 bridgehead atoms. The lowest BCUT2D eigenvalue weighted by atomic mass is 10.0. The van der Waals surface area contributed by atoms with Gasteiger partial charge < -0.3 is 44.0 Å². The Kier molecular flexibility index (Phi) is 16.7. The van der Waals surface area contributed by atoms with Gasteiger partial charge >= 0.3 is 5.97 Å². The fourth-order valence-corrected chi connectivity index (χ4v) is 3.14. The van der Waals surface area contributed by atoms with Gasteiger partial charge in [-0.3, -0.25) is 19.2 Å². The van der Waals surface area contributed by atoms with Crippen LogP contribution in [0, 0.1) is 0 Å². The lowest BCUT2D eigenvalue weighted by Crippen LogP contribution is -2.57. The van der Waals surface area contributed by atoms with Crippen molar-refractivity contribution in [1.82, 2.24) is 16.0 Å². The molecule has 0 aromatic carbocycles. The average Bonchev–Trinajstić information content (AvgIpc) is 2.79. The second-order valence-corrected chi connectivity index (χ2v) is 8.25. The molecule has 0 saturated carbocycles. The highest BCUT2D eigenvalue weighted by Crippen LogP contribution is 2.07. The minimum atomic E-state index is -1.36. The molecule has 34 heavy (non-hydrogen) atoms. The lowest BCUT2D eigenvalue weighted by molar-refractivity contribution is -0.142. The second kappa shape index (κ2) is 18.0. The number of hydrogen-bond donors (Lipinski definition) is 9. The van der Waals surface area contributed by atoms with Gasteiger partial charge in [-0.25, -0.2) is 4.79 Å². The summed E-state index contributed by atoms with van der Waals surface area (Å²) in [7, 11) is 0. The first-order valence-corrected chi connectivity index (χ1v) is 11.9. The van der Waals surface area contributed by atoms with E-state index in [1.54, 1.807) is 0 Å². The number of nitrogens with two attached hydrogens (primary N) is 4. The number of carboxylic acids is 1. The molecule has 0 radical (unpaired) electrons. The maximum atomic E-state index is 13.0. The summed E-state index contributed by atoms with van der Waals surface area (Å²) < 4.78 is 0. The molecule has 0 aliphatic carbocycles. The van der Waals surface area contributed by atoms with Crippen molar-refractivity contribution in [2.24, 2.45) is 22.9 Å². The van der Waals surface area contributed by atoms with Crippen LogP contribution in [0.3, 0.4) is 0 Å². The quantitative estimate of drug-likeness (QED) is 0.0653. The van der Waals surface area contributed by atoms with Crippen molar-refractivity contribution in [3.63, 3.8) is 0 Å². The SMILES string of the molecule is NCCCCC(NC(=O)C(N)CS)C(=O)NC(CCCCN)C(=O)NC(CCC(N)=O)C(=O)O. The summed E-state index contributed by atoms with van der Waals surface area (Å²) in [5, 5.41) is 16.8. The Hall–Kier alpha value is -2.42. The Morgan fingerprint density at radius 2 is 1.18 bits per heavy atom. The molecule has 0 aliphatic rings. The molecule has 0 heterocycles. The molecule has 0 saturated heterocycles. The Morgan fingerprint density at radius 3 is 1.56 bits per heavy atom. The molecular weight excluding hydrogens is 466 g/mol. The third kappa shape index (κ3) is 13.3. The van der Waals surface area contributed by atoms with E-state index in [-0.39, 0.29) is 31.4 Å². The van der Waals surface area contributed by atoms with E-state index in [1.807, 2.05) is 0 Å². The molecule has 13 nitrogen and oxygen atoms in total. The molecule has 0 rings (SSSR count). The van der Waals surface area contributed by atoms with Crippen LogP contribution in [0.5, 0.6) is 0 Å². The first-order valence-electron chi connectivity index (χ1n) is 11.3. The van der Waals surface area contributed by atoms with Gasteiger partial charge in [0.15, 0.2) is 0 Å². The van der Waals surface area contributed by atoms with E-state index in [0.29, 0.717) is 38.8 Å². The van der Waals surface area contributed by atoms with Crippen molar-refractivity contribution >= 4 is 42.2 Å². The number of unbranched alkanes of at least 4 members (excludes halogenated alkanes) is 2. The van der Waals surface area contributed by atoms with E-state index < -0.39 is 53.8 Å². The van der Waals surface area contributed by atoms with Crippen LogP contribution in [0.2, 0.25) is 0 Å². The first-order chi connectivity index (χ1) is 16.1. The van der Waals surface area contributed by atoms with E-state index in [0.717, 1.165) is 0 Å². The number of thiol groups is 1. The highest BCUT2D eigenvalue weighted by molar-refractivity contribution is 7.80. The van der Waals surface area contributed by atoms with E-state index in [4.69, 9.17) is 22.9 Å². The molecule has 4 amide bonds. The van der Waals surface area contributed by atoms with Crippen molar-refractivity contribution in [1.29, 1.82) is 0 Å². The highest BCUT2D eigenvalue weighted by Gasteiger charge is 2.30. The van der Waals surface area contributed by atoms with Gasteiger partial charge in [0, 0.05) is 12.2 Å². The van der Waals surface area contributed by atoms with Crippen molar-refractivity contribution < 1.29 is 29.1 Å². The van der Waals surface area contributed by atoms with Crippen LogP contribution in [0.25, 0.3) is 0 Å². The van der Waals surface area contributed by atoms with Gasteiger partial charge in [-0.05, 0) is 58.0 Å². The number of primary amides is 1. The topological polar surface area (TPSA) is 246 Å². The minimum Gasteiger partial charge on any atom is -0.480 e. The number of rotatable bonds is 19. The number of aliphatic carboxylic acids is 1. The zero-order valence-electron chi connectivity index (χ0n) is 19.3. The van der Waals surface area contributed by atoms with Gasteiger partial charge in [-0.15, -0.1) is 0 Å². The van der Waals surface area contributed by atoms with E-state index in [9.17, 15) is 29.1 Å². The van der Waals surface area contributed by atoms with Gasteiger partial charge in [0.1, 0.15) is 18.1 Å². The molecule has 196 valence electrons. The summed E-state index contributed by atoms with van der Waals surface area (Å²) in [5.74, 6) is -3.88. The lowest BCUT2D eigenvalue weighted by Gasteiger charge is -2.25. The van der Waals surface area contributed by atoms with Gasteiger partial charge in [-0.2, -0.15) is 12.6 Å². The third-order valence-corrected chi connectivity index (χ3v) is 5.38. The maximum absolute atomic E-state index is 13.0. The molecular formula is C20H39N7O6S. The average molecular weight is 506 g/mol. The van der Waals surface area contributed by atoms with Crippen LogP contribution in [0.1, 0.15) is 51.4 Å². The first kappa shape index (κ1) is 31.6. The van der Waals surface area contributed by atoms with Crippen LogP contribution < -0.4 is 38.9 Å². The van der Waals surface area contributed by atoms with E-state index >= 15 is 0 Å². The van der Waals surface area contributed by atoms with Crippen molar-refractivity contribution in [2.75, 3.05) is 18.8 Å². The van der Waals surface area contributed by atoms with Crippen molar-refractivity contribution in [3.8, 4) is 0 Å². The van der Waals surface area contributed by atoms with Gasteiger partial charge in [0.25, 0.3) is 0 Å². The predicted octanol–water partition coefficient (Wildman–Crippen LogP) is -2.69.